The van der Waals surface area contributed by atoms with Crippen molar-refractivity contribution >= 4 is 23.6 Å². The fourth-order valence-electron chi connectivity index (χ4n) is 1.02. The number of nitrogens with one attached hydrogen (secondary N) is 1. The van der Waals surface area contributed by atoms with Crippen LogP contribution in [0.2, 0.25) is 0 Å². The lowest BCUT2D eigenvalue weighted by Gasteiger charge is -2.08. The van der Waals surface area contributed by atoms with Crippen LogP contribution in [0.25, 0.3) is 0 Å². The van der Waals surface area contributed by atoms with Gasteiger partial charge in [0.25, 0.3) is 0 Å². The molecular weight excluding hydrogens is 202 g/mol. The number of hydrogen-bond acceptors (Lipinski definition) is 3. The van der Waals surface area contributed by atoms with Crippen molar-refractivity contribution in [2.24, 2.45) is 0 Å². The fourth-order valence-corrected chi connectivity index (χ4v) is 1.80. The summed E-state index contributed by atoms with van der Waals surface area (Å²) in [6.07, 6.45) is 2.28. The molecule has 1 amide bonds. The van der Waals surface area contributed by atoms with Crippen LogP contribution in [-0.2, 0) is 9.59 Å². The quantitative estimate of drug-likeness (QED) is 0.692. The number of carboxylic acids is 1. The second-order valence-corrected chi connectivity index (χ2v) is 4.99. The summed E-state index contributed by atoms with van der Waals surface area (Å²) in [5, 5.41) is 11.3. The van der Waals surface area contributed by atoms with Crippen LogP contribution in [0.1, 0.15) is 26.2 Å². The van der Waals surface area contributed by atoms with Crippen molar-refractivity contribution in [2.45, 2.75) is 37.5 Å². The van der Waals surface area contributed by atoms with Crippen LogP contribution >= 0.6 is 11.8 Å². The van der Waals surface area contributed by atoms with Gasteiger partial charge >= 0.3 is 5.97 Å². The van der Waals surface area contributed by atoms with Crippen molar-refractivity contribution in [1.82, 2.24) is 5.32 Å². The van der Waals surface area contributed by atoms with E-state index in [0.717, 1.165) is 12.8 Å². The van der Waals surface area contributed by atoms with E-state index in [0.29, 0.717) is 11.8 Å². The smallest absolute Gasteiger partial charge is 0.304 e. The Morgan fingerprint density at radius 1 is 1.57 bits per heavy atom. The summed E-state index contributed by atoms with van der Waals surface area (Å²) in [6.45, 7) is 1.82. The van der Waals surface area contributed by atoms with E-state index in [4.69, 9.17) is 5.11 Å². The Morgan fingerprint density at radius 3 is 2.71 bits per heavy atom. The number of carbonyl (C=O) groups is 2. The molecular formula is C9H15NO3S. The van der Waals surface area contributed by atoms with Crippen molar-refractivity contribution in [2.75, 3.05) is 5.75 Å². The third kappa shape index (κ3) is 5.11. The molecule has 0 aromatic carbocycles. The van der Waals surface area contributed by atoms with E-state index in [2.05, 4.69) is 5.32 Å². The number of rotatable bonds is 6. The zero-order valence-electron chi connectivity index (χ0n) is 8.16. The summed E-state index contributed by atoms with van der Waals surface area (Å²) in [5.41, 5.74) is 0. The van der Waals surface area contributed by atoms with E-state index in [1.54, 1.807) is 0 Å². The van der Waals surface area contributed by atoms with Gasteiger partial charge in [-0.2, -0.15) is 0 Å². The first-order valence-electron chi connectivity index (χ1n) is 4.70. The van der Waals surface area contributed by atoms with Crippen LogP contribution in [-0.4, -0.2) is 34.0 Å². The molecule has 0 saturated heterocycles. The van der Waals surface area contributed by atoms with Gasteiger partial charge in [-0.05, 0) is 12.8 Å². The molecule has 2 N–H and O–H groups in total. The zero-order chi connectivity index (χ0) is 10.6. The molecule has 1 saturated carbocycles. The number of thioether (sulfide) groups is 1. The molecule has 4 nitrogen and oxygen atoms in total. The molecule has 1 aliphatic carbocycles. The van der Waals surface area contributed by atoms with Crippen LogP contribution in [0.4, 0.5) is 0 Å². The molecule has 0 spiro atoms. The third-order valence-electron chi connectivity index (χ3n) is 1.90. The van der Waals surface area contributed by atoms with Crippen molar-refractivity contribution < 1.29 is 14.7 Å². The van der Waals surface area contributed by atoms with Gasteiger partial charge in [-0.3, -0.25) is 9.59 Å². The largest absolute Gasteiger partial charge is 0.481 e. The van der Waals surface area contributed by atoms with Gasteiger partial charge in [-0.1, -0.05) is 6.92 Å². The molecule has 0 bridgehead atoms. The van der Waals surface area contributed by atoms with Crippen LogP contribution in [0.15, 0.2) is 0 Å². The van der Waals surface area contributed by atoms with Crippen LogP contribution < -0.4 is 5.32 Å². The van der Waals surface area contributed by atoms with Gasteiger partial charge in [0.15, 0.2) is 0 Å². The predicted octanol–water partition coefficient (Wildman–Crippen LogP) is 0.861. The van der Waals surface area contributed by atoms with Gasteiger partial charge in [0.2, 0.25) is 5.91 Å². The van der Waals surface area contributed by atoms with E-state index < -0.39 is 5.97 Å². The van der Waals surface area contributed by atoms with Crippen LogP contribution in [0, 0.1) is 0 Å². The highest BCUT2D eigenvalue weighted by Crippen LogP contribution is 2.19. The minimum absolute atomic E-state index is 0.00236. The zero-order valence-corrected chi connectivity index (χ0v) is 8.97. The highest BCUT2D eigenvalue weighted by Gasteiger charge is 2.23. The Bertz CT molecular complexity index is 228. The summed E-state index contributed by atoms with van der Waals surface area (Å²) >= 11 is 1.39. The van der Waals surface area contributed by atoms with Gasteiger partial charge in [0.05, 0.1) is 12.2 Å². The van der Waals surface area contributed by atoms with Gasteiger partial charge < -0.3 is 10.4 Å². The maximum Gasteiger partial charge on any atom is 0.304 e. The number of carbonyl (C=O) groups excluding carboxylic acids is 1. The van der Waals surface area contributed by atoms with Gasteiger partial charge in [0.1, 0.15) is 0 Å². The molecule has 0 aliphatic heterocycles. The Morgan fingerprint density at radius 2 is 2.21 bits per heavy atom. The van der Waals surface area contributed by atoms with E-state index in [9.17, 15) is 9.59 Å². The van der Waals surface area contributed by atoms with Crippen molar-refractivity contribution in [3.05, 3.63) is 0 Å². The lowest BCUT2D eigenvalue weighted by atomic mass is 10.3. The molecule has 5 heteroatoms. The first-order chi connectivity index (χ1) is 6.58. The summed E-state index contributed by atoms with van der Waals surface area (Å²) in [6, 6.07) is 0.387. The molecule has 14 heavy (non-hydrogen) atoms. The SMILES string of the molecule is CC(CC(=O)O)SCC(=O)NC1CC1. The van der Waals surface area contributed by atoms with E-state index in [1.165, 1.54) is 11.8 Å². The average molecular weight is 217 g/mol. The Balaban J connectivity index is 2.05. The summed E-state index contributed by atoms with van der Waals surface area (Å²) in [5.74, 6) is -0.423. The number of hydrogen-bond donors (Lipinski definition) is 2. The molecule has 1 rings (SSSR count). The molecule has 0 aromatic heterocycles. The van der Waals surface area contributed by atoms with E-state index in [1.807, 2.05) is 6.92 Å². The molecule has 0 radical (unpaired) electrons. The minimum atomic E-state index is -0.812. The molecule has 1 unspecified atom stereocenters. The van der Waals surface area contributed by atoms with Crippen molar-refractivity contribution in [1.29, 1.82) is 0 Å². The standard InChI is InChI=1S/C9H15NO3S/c1-6(4-9(12)13)14-5-8(11)10-7-2-3-7/h6-7H,2-5H2,1H3,(H,10,11)(H,12,13). The average Bonchev–Trinajstić information content (AvgIpc) is 2.83. The fraction of sp³-hybridized carbons (Fsp3) is 0.778. The first kappa shape index (κ1) is 11.4. The molecule has 0 heterocycles. The lowest BCUT2D eigenvalue weighted by Crippen LogP contribution is -2.27. The molecule has 1 atom stereocenters. The number of amides is 1. The number of aliphatic carboxylic acids is 1. The van der Waals surface area contributed by atoms with Crippen molar-refractivity contribution in [3.63, 3.8) is 0 Å². The van der Waals surface area contributed by atoms with Gasteiger partial charge in [-0.15, -0.1) is 11.8 Å². The minimum Gasteiger partial charge on any atom is -0.481 e. The summed E-state index contributed by atoms with van der Waals surface area (Å²) in [4.78, 5) is 21.5. The van der Waals surface area contributed by atoms with Crippen LogP contribution in [0.3, 0.4) is 0 Å². The molecule has 1 aliphatic rings. The second kappa shape index (κ2) is 5.24. The van der Waals surface area contributed by atoms with E-state index >= 15 is 0 Å². The number of carboxylic acid groups (broad SMARTS) is 1. The first-order valence-corrected chi connectivity index (χ1v) is 5.75. The lowest BCUT2D eigenvalue weighted by molar-refractivity contribution is -0.136. The van der Waals surface area contributed by atoms with Gasteiger partial charge in [0, 0.05) is 11.3 Å². The molecule has 80 valence electrons. The summed E-state index contributed by atoms with van der Waals surface area (Å²) in [7, 11) is 0. The Labute approximate surface area is 87.4 Å². The summed E-state index contributed by atoms with van der Waals surface area (Å²) < 4.78 is 0. The maximum atomic E-state index is 11.2. The predicted molar refractivity (Wildman–Crippen MR) is 55.3 cm³/mol. The molecule has 1 fully saturated rings. The third-order valence-corrected chi connectivity index (χ3v) is 3.07. The maximum absolute atomic E-state index is 11.2. The highest BCUT2D eigenvalue weighted by molar-refractivity contribution is 8.00. The molecule has 0 aromatic rings. The van der Waals surface area contributed by atoms with Crippen LogP contribution in [0.5, 0.6) is 0 Å². The topological polar surface area (TPSA) is 66.4 Å². The monoisotopic (exact) mass is 217 g/mol. The normalized spacial score (nSPS) is 17.5. The second-order valence-electron chi connectivity index (χ2n) is 3.56. The Kier molecular flexibility index (Phi) is 4.25. The Hall–Kier alpha value is -0.710. The van der Waals surface area contributed by atoms with Gasteiger partial charge in [-0.25, -0.2) is 0 Å². The van der Waals surface area contributed by atoms with E-state index in [-0.39, 0.29) is 17.6 Å². The van der Waals surface area contributed by atoms with Crippen molar-refractivity contribution in [3.8, 4) is 0 Å². The highest BCUT2D eigenvalue weighted by atomic mass is 32.2.